The van der Waals surface area contributed by atoms with Crippen LogP contribution in [0.15, 0.2) is 54.6 Å². The Morgan fingerprint density at radius 3 is 2.24 bits per heavy atom. The molecule has 0 spiro atoms. The summed E-state index contributed by atoms with van der Waals surface area (Å²) >= 11 is 0. The van der Waals surface area contributed by atoms with Crippen molar-refractivity contribution in [1.82, 2.24) is 0 Å². The van der Waals surface area contributed by atoms with Crippen LogP contribution in [0.4, 0.5) is 0 Å². The number of hydrogen-bond donors (Lipinski definition) is 1. The number of carboxylic acid groups (broad SMARTS) is 1. The van der Waals surface area contributed by atoms with E-state index in [4.69, 9.17) is 9.47 Å². The third kappa shape index (κ3) is 5.81. The van der Waals surface area contributed by atoms with E-state index in [9.17, 15) is 18.3 Å². The summed E-state index contributed by atoms with van der Waals surface area (Å²) in [7, 11) is -3.50. The Kier molecular flexibility index (Phi) is 6.92. The van der Waals surface area contributed by atoms with Crippen LogP contribution in [0, 0.1) is 5.41 Å². The van der Waals surface area contributed by atoms with E-state index in [-0.39, 0.29) is 44.2 Å². The van der Waals surface area contributed by atoms with Crippen molar-refractivity contribution >= 4 is 15.8 Å². The molecule has 6 nitrogen and oxygen atoms in total. The summed E-state index contributed by atoms with van der Waals surface area (Å²) in [5, 5.41) is 9.53. The number of ether oxygens (including phenoxy) is 2. The van der Waals surface area contributed by atoms with Crippen LogP contribution in [0.25, 0.3) is 11.1 Å². The van der Waals surface area contributed by atoms with Gasteiger partial charge in [-0.3, -0.25) is 4.79 Å². The first-order valence-corrected chi connectivity index (χ1v) is 11.5. The third-order valence-electron chi connectivity index (χ3n) is 5.23. The Balaban J connectivity index is 1.48. The van der Waals surface area contributed by atoms with Crippen LogP contribution in [0.2, 0.25) is 0 Å². The fourth-order valence-corrected chi connectivity index (χ4v) is 5.47. The monoisotopic (exact) mass is 418 g/mol. The predicted molar refractivity (Wildman–Crippen MR) is 111 cm³/mol. The fourth-order valence-electron chi connectivity index (χ4n) is 3.52. The van der Waals surface area contributed by atoms with E-state index < -0.39 is 21.2 Å². The first-order valence-electron chi connectivity index (χ1n) is 9.70. The van der Waals surface area contributed by atoms with Crippen molar-refractivity contribution in [2.75, 3.05) is 31.3 Å². The highest BCUT2D eigenvalue weighted by molar-refractivity contribution is 7.91. The van der Waals surface area contributed by atoms with Gasteiger partial charge in [-0.15, -0.1) is 0 Å². The van der Waals surface area contributed by atoms with E-state index >= 15 is 0 Å². The smallest absolute Gasteiger partial charge is 0.310 e. The summed E-state index contributed by atoms with van der Waals surface area (Å²) in [6, 6.07) is 17.6. The van der Waals surface area contributed by atoms with E-state index in [2.05, 4.69) is 0 Å². The molecule has 0 saturated carbocycles. The summed E-state index contributed by atoms with van der Waals surface area (Å²) < 4.78 is 35.8. The molecule has 156 valence electrons. The molecule has 0 aliphatic carbocycles. The molecule has 1 saturated heterocycles. The van der Waals surface area contributed by atoms with Gasteiger partial charge in [0.05, 0.1) is 23.5 Å². The SMILES string of the molecule is O=C(O)C1(CS(=O)(=O)CCCOc2ccc(-c3ccccc3)cc2)CCOCC1. The van der Waals surface area contributed by atoms with Crippen molar-refractivity contribution < 1.29 is 27.8 Å². The van der Waals surface area contributed by atoms with Gasteiger partial charge in [0.1, 0.15) is 5.75 Å². The molecule has 0 unspecified atom stereocenters. The van der Waals surface area contributed by atoms with Gasteiger partial charge in [-0.1, -0.05) is 42.5 Å². The molecular formula is C22H26O6S. The lowest BCUT2D eigenvalue weighted by Crippen LogP contribution is -2.43. The van der Waals surface area contributed by atoms with E-state index in [1.54, 1.807) is 0 Å². The van der Waals surface area contributed by atoms with Gasteiger partial charge in [0.25, 0.3) is 0 Å². The van der Waals surface area contributed by atoms with E-state index in [0.717, 1.165) is 11.1 Å². The van der Waals surface area contributed by atoms with Crippen LogP contribution in [0.5, 0.6) is 5.75 Å². The average Bonchev–Trinajstić information content (AvgIpc) is 2.72. The van der Waals surface area contributed by atoms with Crippen LogP contribution in [-0.4, -0.2) is 50.8 Å². The van der Waals surface area contributed by atoms with E-state index in [0.29, 0.717) is 12.2 Å². The Morgan fingerprint density at radius 1 is 1.00 bits per heavy atom. The number of benzene rings is 2. The molecule has 1 fully saturated rings. The number of sulfone groups is 1. The number of carboxylic acids is 1. The fraction of sp³-hybridized carbons (Fsp3) is 0.409. The molecule has 2 aromatic rings. The molecule has 1 aliphatic rings. The number of rotatable bonds is 9. The van der Waals surface area contributed by atoms with Crippen molar-refractivity contribution in [1.29, 1.82) is 0 Å². The van der Waals surface area contributed by atoms with Crippen LogP contribution in [0.1, 0.15) is 19.3 Å². The quantitative estimate of drug-likeness (QED) is 0.628. The lowest BCUT2D eigenvalue weighted by molar-refractivity contribution is -0.152. The minimum Gasteiger partial charge on any atom is -0.494 e. The molecule has 3 rings (SSSR count). The van der Waals surface area contributed by atoms with Gasteiger partial charge >= 0.3 is 5.97 Å². The summed E-state index contributed by atoms with van der Waals surface area (Å²) in [6.07, 6.45) is 0.770. The van der Waals surface area contributed by atoms with E-state index in [1.165, 1.54) is 0 Å². The van der Waals surface area contributed by atoms with Gasteiger partial charge in [0.15, 0.2) is 9.84 Å². The summed E-state index contributed by atoms with van der Waals surface area (Å²) in [4.78, 5) is 11.7. The lowest BCUT2D eigenvalue weighted by atomic mass is 9.82. The third-order valence-corrected chi connectivity index (χ3v) is 7.13. The minimum atomic E-state index is -3.50. The molecule has 1 heterocycles. The highest BCUT2D eigenvalue weighted by Crippen LogP contribution is 2.33. The van der Waals surface area contributed by atoms with Gasteiger partial charge in [-0.05, 0) is 42.5 Å². The number of carbonyl (C=O) groups is 1. The maximum atomic E-state index is 12.5. The first kappa shape index (κ1) is 21.3. The minimum absolute atomic E-state index is 0.0923. The van der Waals surface area contributed by atoms with Gasteiger partial charge < -0.3 is 14.6 Å². The van der Waals surface area contributed by atoms with Crippen molar-refractivity contribution in [3.8, 4) is 16.9 Å². The van der Waals surface area contributed by atoms with Gasteiger partial charge in [-0.2, -0.15) is 0 Å². The second-order valence-corrected chi connectivity index (χ2v) is 9.57. The van der Waals surface area contributed by atoms with Crippen LogP contribution in [-0.2, 0) is 19.4 Å². The molecular weight excluding hydrogens is 392 g/mol. The Hall–Kier alpha value is -2.38. The Labute approximate surface area is 171 Å². The normalized spacial score (nSPS) is 16.3. The summed E-state index contributed by atoms with van der Waals surface area (Å²) in [5.74, 6) is -0.817. The Bertz CT molecular complexity index is 900. The zero-order valence-corrected chi connectivity index (χ0v) is 17.1. The maximum Gasteiger partial charge on any atom is 0.310 e. The molecule has 0 amide bonds. The summed E-state index contributed by atoms with van der Waals surface area (Å²) in [5.41, 5.74) is 0.965. The largest absolute Gasteiger partial charge is 0.494 e. The molecule has 0 atom stereocenters. The molecule has 1 aliphatic heterocycles. The highest BCUT2D eigenvalue weighted by atomic mass is 32.2. The molecule has 0 aromatic heterocycles. The van der Waals surface area contributed by atoms with Gasteiger partial charge in [-0.25, -0.2) is 8.42 Å². The summed E-state index contributed by atoms with van der Waals surface area (Å²) in [6.45, 7) is 0.820. The van der Waals surface area contributed by atoms with Crippen molar-refractivity contribution in [3.05, 3.63) is 54.6 Å². The second-order valence-electron chi connectivity index (χ2n) is 7.38. The zero-order valence-electron chi connectivity index (χ0n) is 16.2. The van der Waals surface area contributed by atoms with Crippen molar-refractivity contribution in [2.45, 2.75) is 19.3 Å². The predicted octanol–water partition coefficient (Wildman–Crippen LogP) is 3.42. The van der Waals surface area contributed by atoms with Crippen molar-refractivity contribution in [3.63, 3.8) is 0 Å². The van der Waals surface area contributed by atoms with Crippen LogP contribution >= 0.6 is 0 Å². The standard InChI is InChI=1S/C22H26O6S/c23-21(24)22(11-14-27-15-12-22)17-29(25,26)16-4-13-28-20-9-7-19(8-10-20)18-5-2-1-3-6-18/h1-3,5-10H,4,11-17H2,(H,23,24). The van der Waals surface area contributed by atoms with Crippen LogP contribution < -0.4 is 4.74 Å². The molecule has 7 heteroatoms. The lowest BCUT2D eigenvalue weighted by Gasteiger charge is -2.32. The molecule has 2 aromatic carbocycles. The second kappa shape index (κ2) is 9.41. The molecule has 0 bridgehead atoms. The molecule has 0 radical (unpaired) electrons. The van der Waals surface area contributed by atoms with Gasteiger partial charge in [0, 0.05) is 13.2 Å². The highest BCUT2D eigenvalue weighted by Gasteiger charge is 2.43. The topological polar surface area (TPSA) is 89.9 Å². The number of hydrogen-bond acceptors (Lipinski definition) is 5. The number of aliphatic carboxylic acids is 1. The first-order chi connectivity index (χ1) is 13.9. The maximum absolute atomic E-state index is 12.5. The van der Waals surface area contributed by atoms with Crippen LogP contribution in [0.3, 0.4) is 0 Å². The average molecular weight is 419 g/mol. The Morgan fingerprint density at radius 2 is 1.62 bits per heavy atom. The van der Waals surface area contributed by atoms with Gasteiger partial charge in [0.2, 0.25) is 0 Å². The van der Waals surface area contributed by atoms with E-state index in [1.807, 2.05) is 54.6 Å². The molecule has 1 N–H and O–H groups in total. The van der Waals surface area contributed by atoms with Crippen molar-refractivity contribution in [2.24, 2.45) is 5.41 Å². The zero-order chi connectivity index (χ0) is 20.7. The molecule has 29 heavy (non-hydrogen) atoms.